The third-order valence-corrected chi connectivity index (χ3v) is 9.12. The van der Waals surface area contributed by atoms with Crippen LogP contribution in [0.3, 0.4) is 0 Å². The summed E-state index contributed by atoms with van der Waals surface area (Å²) in [7, 11) is -17.4. The molecular weight excluding hydrogens is 484 g/mol. The van der Waals surface area contributed by atoms with Crippen molar-refractivity contribution in [1.82, 2.24) is 0 Å². The highest BCUT2D eigenvalue weighted by atomic mass is 31.2. The van der Waals surface area contributed by atoms with Crippen molar-refractivity contribution in [2.75, 3.05) is 24.6 Å². The Hall–Kier alpha value is 0.600. The molecule has 1 aliphatic carbocycles. The van der Waals surface area contributed by atoms with Crippen LogP contribution in [0.1, 0.15) is 38.5 Å². The molecule has 4 atom stereocenters. The standard InChI is InChI=1S/C14H32O12P4/c15-27(16,17)7-3-11-1-2-12(4-8-28(18,19)20)14(6-10-30(24,25)26)13(11)5-9-29(21,22)23/h11-14H,1-10H2,(H2,15,16,17)(H2,18,19,20)(H2,21,22,23)(H2,24,25,26). The van der Waals surface area contributed by atoms with Crippen LogP contribution in [0.4, 0.5) is 0 Å². The van der Waals surface area contributed by atoms with Crippen molar-refractivity contribution in [3.05, 3.63) is 0 Å². The van der Waals surface area contributed by atoms with E-state index in [0.29, 0.717) is 12.8 Å². The molecule has 0 bridgehead atoms. The van der Waals surface area contributed by atoms with Gasteiger partial charge in [0.05, 0.1) is 24.6 Å². The van der Waals surface area contributed by atoms with E-state index >= 15 is 0 Å². The van der Waals surface area contributed by atoms with Gasteiger partial charge in [0.25, 0.3) is 0 Å². The first kappa shape index (κ1) is 28.6. The second kappa shape index (κ2) is 11.1. The summed E-state index contributed by atoms with van der Waals surface area (Å²) in [4.78, 5) is 73.9. The Morgan fingerprint density at radius 2 is 0.700 bits per heavy atom. The van der Waals surface area contributed by atoms with Crippen LogP contribution in [-0.4, -0.2) is 63.8 Å². The molecule has 1 aliphatic rings. The lowest BCUT2D eigenvalue weighted by atomic mass is 9.63. The maximum Gasteiger partial charge on any atom is 0.325 e. The molecule has 4 unspecified atom stereocenters. The van der Waals surface area contributed by atoms with Crippen LogP contribution in [0.25, 0.3) is 0 Å². The SMILES string of the molecule is O=P(O)(O)CCC1CCC(CCP(=O)(O)O)C(CCP(=O)(O)O)C1CCP(=O)(O)O. The molecule has 16 heteroatoms. The maximum absolute atomic E-state index is 11.4. The van der Waals surface area contributed by atoms with Gasteiger partial charge in [-0.2, -0.15) is 0 Å². The van der Waals surface area contributed by atoms with Gasteiger partial charge in [0.15, 0.2) is 0 Å². The fourth-order valence-corrected chi connectivity index (χ4v) is 7.08. The van der Waals surface area contributed by atoms with E-state index in [0.717, 1.165) is 0 Å². The Kier molecular flexibility index (Phi) is 10.6. The molecule has 0 radical (unpaired) electrons. The number of hydrogen-bond acceptors (Lipinski definition) is 4. The van der Waals surface area contributed by atoms with Crippen LogP contribution in [0, 0.1) is 23.7 Å². The maximum atomic E-state index is 11.4. The van der Waals surface area contributed by atoms with Crippen molar-refractivity contribution < 1.29 is 57.4 Å². The molecule has 0 amide bonds. The summed E-state index contributed by atoms with van der Waals surface area (Å²) >= 11 is 0. The topological polar surface area (TPSA) is 230 Å². The van der Waals surface area contributed by atoms with Crippen LogP contribution in [0.2, 0.25) is 0 Å². The first-order chi connectivity index (χ1) is 13.4. The minimum Gasteiger partial charge on any atom is -0.324 e. The van der Waals surface area contributed by atoms with E-state index in [9.17, 15) is 57.4 Å². The summed E-state index contributed by atoms with van der Waals surface area (Å²) in [6, 6.07) is 0. The van der Waals surface area contributed by atoms with Crippen LogP contribution >= 0.6 is 30.4 Å². The Balaban J connectivity index is 3.12. The van der Waals surface area contributed by atoms with Crippen LogP contribution in [-0.2, 0) is 18.3 Å². The van der Waals surface area contributed by atoms with Crippen molar-refractivity contribution in [1.29, 1.82) is 0 Å². The highest BCUT2D eigenvalue weighted by molar-refractivity contribution is 7.52. The van der Waals surface area contributed by atoms with Gasteiger partial charge in [-0.05, 0) is 62.2 Å². The number of rotatable bonds is 12. The van der Waals surface area contributed by atoms with Gasteiger partial charge in [-0.25, -0.2) is 0 Å². The van der Waals surface area contributed by atoms with Crippen molar-refractivity contribution >= 4 is 30.4 Å². The van der Waals surface area contributed by atoms with Gasteiger partial charge in [0, 0.05) is 0 Å². The van der Waals surface area contributed by atoms with Gasteiger partial charge in [-0.1, -0.05) is 0 Å². The monoisotopic (exact) mass is 516 g/mol. The van der Waals surface area contributed by atoms with E-state index in [-0.39, 0.29) is 37.5 Å². The molecule has 8 N–H and O–H groups in total. The first-order valence-corrected chi connectivity index (χ1v) is 16.7. The third-order valence-electron chi connectivity index (χ3n) is 5.76. The lowest BCUT2D eigenvalue weighted by molar-refractivity contribution is 0.0755. The zero-order valence-electron chi connectivity index (χ0n) is 16.4. The predicted octanol–water partition coefficient (Wildman–Crippen LogP) is 1.52. The number of hydrogen-bond donors (Lipinski definition) is 8. The van der Waals surface area contributed by atoms with Crippen LogP contribution in [0.15, 0.2) is 0 Å². The third kappa shape index (κ3) is 12.6. The average Bonchev–Trinajstić information content (AvgIpc) is 2.52. The van der Waals surface area contributed by atoms with E-state index in [2.05, 4.69) is 0 Å². The lowest BCUT2D eigenvalue weighted by Gasteiger charge is -2.44. The van der Waals surface area contributed by atoms with Gasteiger partial charge < -0.3 is 39.1 Å². The normalized spacial score (nSPS) is 26.7. The largest absolute Gasteiger partial charge is 0.325 e. The zero-order valence-corrected chi connectivity index (χ0v) is 20.0. The molecular formula is C14H32O12P4. The molecule has 0 spiro atoms. The summed E-state index contributed by atoms with van der Waals surface area (Å²) in [5.41, 5.74) is 0. The van der Waals surface area contributed by atoms with Crippen LogP contribution in [0.5, 0.6) is 0 Å². The molecule has 1 fully saturated rings. The van der Waals surface area contributed by atoms with Crippen molar-refractivity contribution in [3.8, 4) is 0 Å². The molecule has 30 heavy (non-hydrogen) atoms. The van der Waals surface area contributed by atoms with Crippen molar-refractivity contribution in [2.24, 2.45) is 23.7 Å². The lowest BCUT2D eigenvalue weighted by Crippen LogP contribution is -2.37. The van der Waals surface area contributed by atoms with E-state index < -0.39 is 66.9 Å². The molecule has 0 aliphatic heterocycles. The van der Waals surface area contributed by atoms with E-state index in [1.54, 1.807) is 0 Å². The highest BCUT2D eigenvalue weighted by Gasteiger charge is 2.41. The Morgan fingerprint density at radius 3 is 0.933 bits per heavy atom. The summed E-state index contributed by atoms with van der Waals surface area (Å²) < 4.78 is 45.4. The fraction of sp³-hybridized carbons (Fsp3) is 1.00. The second-order valence-corrected chi connectivity index (χ2v) is 15.2. The minimum absolute atomic E-state index is 0.00562. The molecule has 0 aromatic rings. The van der Waals surface area contributed by atoms with Crippen molar-refractivity contribution in [2.45, 2.75) is 38.5 Å². The summed E-state index contributed by atoms with van der Waals surface area (Å²) in [5, 5.41) is 0. The zero-order chi connectivity index (χ0) is 23.4. The van der Waals surface area contributed by atoms with E-state index in [1.165, 1.54) is 0 Å². The quantitative estimate of drug-likeness (QED) is 0.173. The van der Waals surface area contributed by atoms with Gasteiger partial charge in [-0.15, -0.1) is 0 Å². The highest BCUT2D eigenvalue weighted by Crippen LogP contribution is 2.52. The van der Waals surface area contributed by atoms with Gasteiger partial charge in [-0.3, -0.25) is 18.3 Å². The minimum atomic E-state index is -4.38. The molecule has 12 nitrogen and oxygen atoms in total. The smallest absolute Gasteiger partial charge is 0.324 e. The Bertz CT molecular complexity index is 671. The van der Waals surface area contributed by atoms with Gasteiger partial charge >= 0.3 is 30.4 Å². The summed E-state index contributed by atoms with van der Waals surface area (Å²) in [6.07, 6.45) is -0.730. The summed E-state index contributed by atoms with van der Waals surface area (Å²) in [5.74, 6) is -1.60. The molecule has 0 heterocycles. The summed E-state index contributed by atoms with van der Waals surface area (Å²) in [6.45, 7) is 0. The van der Waals surface area contributed by atoms with Crippen LogP contribution < -0.4 is 0 Å². The van der Waals surface area contributed by atoms with E-state index in [4.69, 9.17) is 0 Å². The van der Waals surface area contributed by atoms with Gasteiger partial charge in [0.2, 0.25) is 0 Å². The average molecular weight is 516 g/mol. The molecule has 0 aromatic heterocycles. The molecule has 0 aromatic carbocycles. The van der Waals surface area contributed by atoms with Gasteiger partial charge in [0.1, 0.15) is 0 Å². The Labute approximate surface area is 175 Å². The van der Waals surface area contributed by atoms with Crippen molar-refractivity contribution in [3.63, 3.8) is 0 Å². The molecule has 1 saturated carbocycles. The van der Waals surface area contributed by atoms with E-state index in [1.807, 2.05) is 0 Å². The molecule has 180 valence electrons. The Morgan fingerprint density at radius 1 is 0.467 bits per heavy atom. The molecule has 1 rings (SSSR count). The first-order valence-electron chi connectivity index (χ1n) is 9.54. The second-order valence-electron chi connectivity index (χ2n) is 8.13. The fourth-order valence-electron chi connectivity index (χ4n) is 4.47. The predicted molar refractivity (Wildman–Crippen MR) is 109 cm³/mol. The molecule has 0 saturated heterocycles.